The fraction of sp³-hybridized carbons (Fsp3) is 0.375. The van der Waals surface area contributed by atoms with Crippen LogP contribution in [0.5, 0.6) is 0 Å². The Morgan fingerprint density at radius 2 is 1.57 bits per heavy atom. The van der Waals surface area contributed by atoms with E-state index in [1.54, 1.807) is 15.9 Å². The van der Waals surface area contributed by atoms with Gasteiger partial charge in [0, 0.05) is 50.0 Å². The summed E-state index contributed by atoms with van der Waals surface area (Å²) < 4.78 is 0. The maximum Gasteiger partial charge on any atom is 0.269 e. The molecule has 0 bridgehead atoms. The van der Waals surface area contributed by atoms with Crippen LogP contribution >= 0.6 is 0 Å². The van der Waals surface area contributed by atoms with Crippen LogP contribution in [0.2, 0.25) is 0 Å². The molecule has 1 aromatic rings. The molecular formula is C16H19N3O4. The lowest BCUT2D eigenvalue weighted by Gasteiger charge is -2.34. The fourth-order valence-electron chi connectivity index (χ4n) is 2.38. The highest BCUT2D eigenvalue weighted by atomic mass is 16.6. The molecular weight excluding hydrogens is 298 g/mol. The minimum atomic E-state index is -0.498. The highest BCUT2D eigenvalue weighted by Crippen LogP contribution is 2.15. The van der Waals surface area contributed by atoms with Crippen LogP contribution in [0.15, 0.2) is 35.9 Å². The first kappa shape index (κ1) is 16.7. The van der Waals surface area contributed by atoms with Gasteiger partial charge in [0.25, 0.3) is 11.6 Å². The Labute approximate surface area is 134 Å². The van der Waals surface area contributed by atoms with Crippen LogP contribution in [0.25, 0.3) is 0 Å². The van der Waals surface area contributed by atoms with Gasteiger partial charge in [-0.3, -0.25) is 19.7 Å². The predicted molar refractivity (Wildman–Crippen MR) is 85.0 cm³/mol. The molecule has 0 N–H and O–H groups in total. The number of carbonyl (C=O) groups excluding carboxylic acids is 2. The predicted octanol–water partition coefficient (Wildman–Crippen LogP) is 1.85. The number of nitro groups is 1. The molecule has 23 heavy (non-hydrogen) atoms. The van der Waals surface area contributed by atoms with E-state index in [-0.39, 0.29) is 17.5 Å². The van der Waals surface area contributed by atoms with Gasteiger partial charge in [-0.05, 0) is 26.0 Å². The minimum Gasteiger partial charge on any atom is -0.336 e. The molecule has 1 saturated heterocycles. The monoisotopic (exact) mass is 317 g/mol. The summed E-state index contributed by atoms with van der Waals surface area (Å²) in [6, 6.07) is 5.56. The topological polar surface area (TPSA) is 83.8 Å². The number of allylic oxidation sites excluding steroid dienone is 1. The van der Waals surface area contributed by atoms with Gasteiger partial charge in [-0.2, -0.15) is 0 Å². The van der Waals surface area contributed by atoms with Gasteiger partial charge in [0.1, 0.15) is 0 Å². The van der Waals surface area contributed by atoms with Crippen molar-refractivity contribution in [1.82, 2.24) is 9.80 Å². The summed E-state index contributed by atoms with van der Waals surface area (Å²) in [6.07, 6.45) is 1.59. The van der Waals surface area contributed by atoms with E-state index in [0.29, 0.717) is 31.7 Å². The zero-order valence-corrected chi connectivity index (χ0v) is 13.2. The second-order valence-corrected chi connectivity index (χ2v) is 5.64. The molecule has 122 valence electrons. The molecule has 0 atom stereocenters. The summed E-state index contributed by atoms with van der Waals surface area (Å²) in [7, 11) is 0. The van der Waals surface area contributed by atoms with Gasteiger partial charge in [-0.15, -0.1) is 0 Å². The lowest BCUT2D eigenvalue weighted by atomic mass is 10.1. The zero-order chi connectivity index (χ0) is 17.0. The van der Waals surface area contributed by atoms with Crippen LogP contribution in [0.3, 0.4) is 0 Å². The number of piperazine rings is 1. The molecule has 0 unspecified atom stereocenters. The quantitative estimate of drug-likeness (QED) is 0.484. The Kier molecular flexibility index (Phi) is 5.10. The van der Waals surface area contributed by atoms with E-state index in [1.165, 1.54) is 24.3 Å². The Bertz CT molecular complexity index is 640. The van der Waals surface area contributed by atoms with Crippen LogP contribution in [-0.4, -0.2) is 52.7 Å². The molecule has 7 heteroatoms. The van der Waals surface area contributed by atoms with Gasteiger partial charge in [-0.25, -0.2) is 0 Å². The van der Waals surface area contributed by atoms with Crippen LogP contribution in [0.4, 0.5) is 5.69 Å². The van der Waals surface area contributed by atoms with E-state index in [0.717, 1.165) is 5.57 Å². The first-order valence-corrected chi connectivity index (χ1v) is 7.36. The number of non-ortho nitro benzene ring substituents is 1. The van der Waals surface area contributed by atoms with Gasteiger partial charge >= 0.3 is 0 Å². The summed E-state index contributed by atoms with van der Waals surface area (Å²) in [5.74, 6) is -0.207. The van der Waals surface area contributed by atoms with Gasteiger partial charge < -0.3 is 9.80 Å². The van der Waals surface area contributed by atoms with Crippen LogP contribution in [0, 0.1) is 10.1 Å². The Balaban J connectivity index is 1.97. The number of nitrogens with zero attached hydrogens (tertiary/aromatic N) is 3. The molecule has 0 spiro atoms. The number of nitro benzene ring substituents is 1. The lowest BCUT2D eigenvalue weighted by Crippen LogP contribution is -2.50. The summed E-state index contributed by atoms with van der Waals surface area (Å²) >= 11 is 0. The maximum absolute atomic E-state index is 12.4. The molecule has 1 aromatic carbocycles. The second kappa shape index (κ2) is 7.04. The van der Waals surface area contributed by atoms with Gasteiger partial charge in [0.2, 0.25) is 5.91 Å². The van der Waals surface area contributed by atoms with E-state index in [9.17, 15) is 19.7 Å². The number of hydrogen-bond donors (Lipinski definition) is 0. The third-order valence-electron chi connectivity index (χ3n) is 3.62. The van der Waals surface area contributed by atoms with Crippen LogP contribution in [-0.2, 0) is 4.79 Å². The minimum absolute atomic E-state index is 0.0348. The van der Waals surface area contributed by atoms with Crippen molar-refractivity contribution in [1.29, 1.82) is 0 Å². The van der Waals surface area contributed by atoms with Crippen molar-refractivity contribution >= 4 is 17.5 Å². The van der Waals surface area contributed by atoms with Crippen molar-refractivity contribution in [2.45, 2.75) is 13.8 Å². The molecule has 1 fully saturated rings. The number of carbonyl (C=O) groups is 2. The zero-order valence-electron chi connectivity index (χ0n) is 13.2. The summed E-state index contributed by atoms with van der Waals surface area (Å²) in [5.41, 5.74) is 1.32. The number of benzene rings is 1. The standard InChI is InChI=1S/C16H19N3O4/c1-12(2)11-15(20)17-7-9-18(10-8-17)16(21)13-3-5-14(6-4-13)19(22)23/h3-6,11H,7-10H2,1-2H3. The maximum atomic E-state index is 12.4. The third kappa shape index (κ3) is 4.15. The average molecular weight is 317 g/mol. The SMILES string of the molecule is CC(C)=CC(=O)N1CCN(C(=O)c2ccc([N+](=O)[O-])cc2)CC1. The normalized spacial score (nSPS) is 14.3. The average Bonchev–Trinajstić information content (AvgIpc) is 2.53. The number of rotatable bonds is 3. The van der Waals surface area contributed by atoms with Gasteiger partial charge in [0.15, 0.2) is 0 Å². The largest absolute Gasteiger partial charge is 0.336 e. The van der Waals surface area contributed by atoms with Crippen molar-refractivity contribution in [3.05, 3.63) is 51.6 Å². The van der Waals surface area contributed by atoms with Crippen molar-refractivity contribution in [3.63, 3.8) is 0 Å². The van der Waals surface area contributed by atoms with Gasteiger partial charge in [-0.1, -0.05) is 5.57 Å². The summed E-state index contributed by atoms with van der Waals surface area (Å²) in [5, 5.41) is 10.6. The Hall–Kier alpha value is -2.70. The first-order valence-electron chi connectivity index (χ1n) is 7.36. The summed E-state index contributed by atoms with van der Waals surface area (Å²) in [6.45, 7) is 5.62. The second-order valence-electron chi connectivity index (χ2n) is 5.64. The number of amides is 2. The van der Waals surface area contributed by atoms with E-state index in [2.05, 4.69) is 0 Å². The summed E-state index contributed by atoms with van der Waals surface area (Å²) in [4.78, 5) is 37.8. The molecule has 2 rings (SSSR count). The highest BCUT2D eigenvalue weighted by Gasteiger charge is 2.24. The van der Waals surface area contributed by atoms with E-state index in [1.807, 2.05) is 13.8 Å². The van der Waals surface area contributed by atoms with Crippen LogP contribution in [0.1, 0.15) is 24.2 Å². The molecule has 0 aromatic heterocycles. The van der Waals surface area contributed by atoms with E-state index in [4.69, 9.17) is 0 Å². The molecule has 1 heterocycles. The molecule has 0 saturated carbocycles. The van der Waals surface area contributed by atoms with Crippen molar-refractivity contribution in [2.24, 2.45) is 0 Å². The molecule has 2 amide bonds. The molecule has 7 nitrogen and oxygen atoms in total. The van der Waals surface area contributed by atoms with E-state index < -0.39 is 4.92 Å². The lowest BCUT2D eigenvalue weighted by molar-refractivity contribution is -0.384. The first-order chi connectivity index (χ1) is 10.9. The fourth-order valence-corrected chi connectivity index (χ4v) is 2.38. The van der Waals surface area contributed by atoms with Gasteiger partial charge in [0.05, 0.1) is 4.92 Å². The van der Waals surface area contributed by atoms with E-state index >= 15 is 0 Å². The molecule has 0 radical (unpaired) electrons. The Morgan fingerprint density at radius 1 is 1.04 bits per heavy atom. The van der Waals surface area contributed by atoms with Crippen molar-refractivity contribution in [2.75, 3.05) is 26.2 Å². The smallest absolute Gasteiger partial charge is 0.269 e. The van der Waals surface area contributed by atoms with Crippen LogP contribution < -0.4 is 0 Å². The van der Waals surface area contributed by atoms with Crippen molar-refractivity contribution < 1.29 is 14.5 Å². The van der Waals surface area contributed by atoms with Crippen molar-refractivity contribution in [3.8, 4) is 0 Å². The highest BCUT2D eigenvalue weighted by molar-refractivity contribution is 5.95. The molecule has 1 aliphatic heterocycles. The Morgan fingerprint density at radius 3 is 2.04 bits per heavy atom. The number of hydrogen-bond acceptors (Lipinski definition) is 4. The molecule has 0 aliphatic carbocycles. The molecule has 1 aliphatic rings. The third-order valence-corrected chi connectivity index (χ3v) is 3.62.